The third-order valence-corrected chi connectivity index (χ3v) is 2.11. The summed E-state index contributed by atoms with van der Waals surface area (Å²) >= 11 is 0. The Morgan fingerprint density at radius 1 is 1.50 bits per heavy atom. The lowest BCUT2D eigenvalue weighted by Crippen LogP contribution is -2.34. The van der Waals surface area contributed by atoms with Crippen molar-refractivity contribution in [3.63, 3.8) is 0 Å². The molecule has 20 heavy (non-hydrogen) atoms. The Morgan fingerprint density at radius 3 is 2.70 bits per heavy atom. The van der Waals surface area contributed by atoms with Gasteiger partial charge in [-0.1, -0.05) is 0 Å². The highest BCUT2D eigenvalue weighted by atomic mass is 16.6. The van der Waals surface area contributed by atoms with Gasteiger partial charge in [0.05, 0.1) is 13.2 Å². The lowest BCUT2D eigenvalue weighted by atomic mass is 10.3. The first kappa shape index (κ1) is 17.9. The number of carbonyl (C=O) groups excluding carboxylic acids is 2. The highest BCUT2D eigenvalue weighted by Gasteiger charge is 2.16. The van der Waals surface area contributed by atoms with Gasteiger partial charge in [0.25, 0.3) is 5.91 Å². The van der Waals surface area contributed by atoms with Gasteiger partial charge < -0.3 is 20.5 Å². The van der Waals surface area contributed by atoms with Gasteiger partial charge in [0.15, 0.2) is 0 Å². The summed E-state index contributed by atoms with van der Waals surface area (Å²) in [6.45, 7) is 2.77. The number of nitriles is 1. The van der Waals surface area contributed by atoms with Crippen LogP contribution in [0.1, 0.15) is 6.92 Å². The van der Waals surface area contributed by atoms with Crippen molar-refractivity contribution in [2.45, 2.75) is 6.92 Å². The Bertz CT molecular complexity index is 389. The van der Waals surface area contributed by atoms with Gasteiger partial charge in [-0.25, -0.2) is 4.79 Å². The Morgan fingerprint density at radius 2 is 2.20 bits per heavy atom. The number of carbonyl (C=O) groups is 2. The molecule has 112 valence electrons. The SMILES string of the molecule is CCOC(=O)N(/C=C(/C#N)C(=O)NCCOC)CCN. The molecule has 0 spiro atoms. The van der Waals surface area contributed by atoms with Gasteiger partial charge in [-0.15, -0.1) is 0 Å². The first-order valence-corrected chi connectivity index (χ1v) is 6.13. The van der Waals surface area contributed by atoms with Crippen LogP contribution in [0.2, 0.25) is 0 Å². The van der Waals surface area contributed by atoms with Crippen molar-refractivity contribution in [1.82, 2.24) is 10.2 Å². The van der Waals surface area contributed by atoms with E-state index in [1.54, 1.807) is 13.0 Å². The highest BCUT2D eigenvalue weighted by Crippen LogP contribution is 2.01. The van der Waals surface area contributed by atoms with Crippen molar-refractivity contribution < 1.29 is 19.1 Å². The van der Waals surface area contributed by atoms with Crippen LogP contribution >= 0.6 is 0 Å². The van der Waals surface area contributed by atoms with E-state index in [4.69, 9.17) is 20.5 Å². The molecule has 0 aliphatic heterocycles. The second-order valence-corrected chi connectivity index (χ2v) is 3.58. The normalized spacial score (nSPS) is 10.6. The van der Waals surface area contributed by atoms with Crippen molar-refractivity contribution in [2.75, 3.05) is 40.0 Å². The van der Waals surface area contributed by atoms with Gasteiger partial charge in [0.2, 0.25) is 0 Å². The number of nitrogens with two attached hydrogens (primary N) is 1. The molecule has 8 heteroatoms. The number of nitrogens with one attached hydrogen (secondary N) is 1. The summed E-state index contributed by atoms with van der Waals surface area (Å²) in [5, 5.41) is 11.4. The largest absolute Gasteiger partial charge is 0.449 e. The van der Waals surface area contributed by atoms with Crippen molar-refractivity contribution in [2.24, 2.45) is 5.73 Å². The molecule has 0 bridgehead atoms. The molecular weight excluding hydrogens is 264 g/mol. The molecule has 0 aliphatic carbocycles. The molecule has 8 nitrogen and oxygen atoms in total. The van der Waals surface area contributed by atoms with E-state index in [2.05, 4.69) is 5.32 Å². The summed E-state index contributed by atoms with van der Waals surface area (Å²) in [6.07, 6.45) is 0.475. The Labute approximate surface area is 118 Å². The summed E-state index contributed by atoms with van der Waals surface area (Å²) in [6, 6.07) is 1.73. The fourth-order valence-electron chi connectivity index (χ4n) is 1.21. The van der Waals surface area contributed by atoms with Crippen molar-refractivity contribution >= 4 is 12.0 Å². The minimum Gasteiger partial charge on any atom is -0.449 e. The topological polar surface area (TPSA) is 118 Å². The number of rotatable bonds is 8. The van der Waals surface area contributed by atoms with Gasteiger partial charge in [-0.2, -0.15) is 5.26 Å². The first-order chi connectivity index (χ1) is 9.60. The van der Waals surface area contributed by atoms with Crippen LogP contribution in [0.15, 0.2) is 11.8 Å². The van der Waals surface area contributed by atoms with E-state index >= 15 is 0 Å². The Hall–Kier alpha value is -2.11. The summed E-state index contributed by atoms with van der Waals surface area (Å²) in [4.78, 5) is 24.4. The molecule has 3 N–H and O–H groups in total. The molecule has 0 aromatic heterocycles. The van der Waals surface area contributed by atoms with Gasteiger partial charge >= 0.3 is 6.09 Å². The molecule has 0 aliphatic rings. The molecule has 0 atom stereocenters. The van der Waals surface area contributed by atoms with E-state index < -0.39 is 12.0 Å². The second kappa shape index (κ2) is 10.8. The molecule has 0 aromatic rings. The van der Waals surface area contributed by atoms with Crippen LogP contribution in [0.5, 0.6) is 0 Å². The maximum absolute atomic E-state index is 11.7. The zero-order valence-electron chi connectivity index (χ0n) is 11.7. The Balaban J connectivity index is 4.82. The average Bonchev–Trinajstić information content (AvgIpc) is 2.43. The minimum absolute atomic E-state index is 0.148. The van der Waals surface area contributed by atoms with Crippen LogP contribution < -0.4 is 11.1 Å². The van der Waals surface area contributed by atoms with E-state index in [1.807, 2.05) is 0 Å². The molecule has 0 radical (unpaired) electrons. The number of amides is 2. The zero-order chi connectivity index (χ0) is 15.4. The molecule has 0 aromatic carbocycles. The Kier molecular flexibility index (Phi) is 9.64. The number of nitrogens with zero attached hydrogens (tertiary/aromatic N) is 2. The molecule has 2 amide bonds. The monoisotopic (exact) mass is 284 g/mol. The van der Waals surface area contributed by atoms with Crippen molar-refractivity contribution in [1.29, 1.82) is 5.26 Å². The number of hydrogen-bond acceptors (Lipinski definition) is 6. The summed E-state index contributed by atoms with van der Waals surface area (Å²) in [5.74, 6) is -0.587. The molecule has 0 fully saturated rings. The van der Waals surface area contributed by atoms with Gasteiger partial charge in [0, 0.05) is 32.9 Å². The van der Waals surface area contributed by atoms with Crippen LogP contribution in [-0.4, -0.2) is 56.9 Å². The van der Waals surface area contributed by atoms with E-state index in [0.717, 1.165) is 11.1 Å². The lowest BCUT2D eigenvalue weighted by molar-refractivity contribution is -0.117. The maximum atomic E-state index is 11.7. The summed E-state index contributed by atoms with van der Waals surface area (Å²) < 4.78 is 9.58. The third kappa shape index (κ3) is 6.72. The second-order valence-electron chi connectivity index (χ2n) is 3.58. The maximum Gasteiger partial charge on any atom is 0.413 e. The summed E-state index contributed by atoms with van der Waals surface area (Å²) in [7, 11) is 1.50. The van der Waals surface area contributed by atoms with Crippen LogP contribution in [0, 0.1) is 11.3 Å². The third-order valence-electron chi connectivity index (χ3n) is 2.11. The molecule has 0 saturated carbocycles. The molecule has 0 heterocycles. The van der Waals surface area contributed by atoms with E-state index in [-0.39, 0.29) is 31.8 Å². The van der Waals surface area contributed by atoms with Crippen LogP contribution in [0.25, 0.3) is 0 Å². The zero-order valence-corrected chi connectivity index (χ0v) is 11.7. The van der Waals surface area contributed by atoms with Crippen LogP contribution in [0.4, 0.5) is 4.79 Å². The predicted octanol–water partition coefficient (Wildman–Crippen LogP) is -0.426. The first-order valence-electron chi connectivity index (χ1n) is 6.13. The molecule has 0 saturated heterocycles. The fourth-order valence-corrected chi connectivity index (χ4v) is 1.21. The van der Waals surface area contributed by atoms with E-state index in [1.165, 1.54) is 7.11 Å². The summed E-state index contributed by atoms with van der Waals surface area (Å²) in [5.41, 5.74) is 5.17. The van der Waals surface area contributed by atoms with Gasteiger partial charge in [-0.3, -0.25) is 9.69 Å². The molecule has 0 unspecified atom stereocenters. The van der Waals surface area contributed by atoms with Crippen LogP contribution in [-0.2, 0) is 14.3 Å². The highest BCUT2D eigenvalue weighted by molar-refractivity contribution is 5.97. The van der Waals surface area contributed by atoms with Crippen LogP contribution in [0.3, 0.4) is 0 Å². The minimum atomic E-state index is -0.657. The van der Waals surface area contributed by atoms with E-state index in [0.29, 0.717) is 6.61 Å². The van der Waals surface area contributed by atoms with E-state index in [9.17, 15) is 9.59 Å². The number of ether oxygens (including phenoxy) is 2. The van der Waals surface area contributed by atoms with Crippen molar-refractivity contribution in [3.8, 4) is 6.07 Å². The lowest BCUT2D eigenvalue weighted by Gasteiger charge is -2.17. The molecule has 0 rings (SSSR count). The fraction of sp³-hybridized carbons (Fsp3) is 0.583. The average molecular weight is 284 g/mol. The quantitative estimate of drug-likeness (QED) is 0.355. The number of methoxy groups -OCH3 is 1. The van der Waals surface area contributed by atoms with Crippen molar-refractivity contribution in [3.05, 3.63) is 11.8 Å². The van der Waals surface area contributed by atoms with Gasteiger partial charge in [0.1, 0.15) is 11.6 Å². The molecular formula is C12H20N4O4. The smallest absolute Gasteiger partial charge is 0.413 e. The van der Waals surface area contributed by atoms with Gasteiger partial charge in [-0.05, 0) is 6.92 Å². The predicted molar refractivity (Wildman–Crippen MR) is 71.4 cm³/mol. The standard InChI is InChI=1S/C12H20N4O4/c1-3-20-12(18)16(6-4-13)9-10(8-14)11(17)15-5-7-19-2/h9H,3-7,13H2,1-2H3,(H,15,17)/b10-9-. The number of hydrogen-bond donors (Lipinski definition) is 2.